The van der Waals surface area contributed by atoms with Gasteiger partial charge in [0.2, 0.25) is 0 Å². The fourth-order valence-corrected chi connectivity index (χ4v) is 2.60. The number of rotatable bonds is 6. The molecule has 0 atom stereocenters. The molecule has 0 aliphatic rings. The van der Waals surface area contributed by atoms with Crippen molar-refractivity contribution in [3.63, 3.8) is 0 Å². The number of nitrogens with zero attached hydrogens (tertiary/aromatic N) is 4. The number of benzene rings is 1. The average molecular weight is 310 g/mol. The molecule has 1 aromatic carbocycles. The molecule has 23 heavy (non-hydrogen) atoms. The Labute approximate surface area is 136 Å². The highest BCUT2D eigenvalue weighted by molar-refractivity contribution is 5.24. The van der Waals surface area contributed by atoms with Crippen molar-refractivity contribution in [2.75, 3.05) is 7.11 Å². The Balaban J connectivity index is 1.66. The first-order chi connectivity index (χ1) is 11.1. The normalized spacial score (nSPS) is 11.1. The van der Waals surface area contributed by atoms with Crippen LogP contribution in [0.3, 0.4) is 0 Å². The summed E-state index contributed by atoms with van der Waals surface area (Å²) in [6, 6.07) is 8.61. The fourth-order valence-electron chi connectivity index (χ4n) is 2.60. The van der Waals surface area contributed by atoms with E-state index in [0.717, 1.165) is 24.3 Å². The van der Waals surface area contributed by atoms with Gasteiger partial charge < -0.3 is 4.74 Å². The van der Waals surface area contributed by atoms with Crippen LogP contribution in [-0.2, 0) is 24.4 Å². The van der Waals surface area contributed by atoms with Crippen molar-refractivity contribution in [2.45, 2.75) is 33.5 Å². The Bertz CT molecular complexity index is 771. The molecular weight excluding hydrogens is 288 g/mol. The van der Waals surface area contributed by atoms with Crippen LogP contribution in [0, 0.1) is 13.8 Å². The van der Waals surface area contributed by atoms with E-state index in [4.69, 9.17) is 4.74 Å². The Kier molecular flexibility index (Phi) is 4.57. The molecule has 3 rings (SSSR count). The molecule has 0 aliphatic heterocycles. The van der Waals surface area contributed by atoms with Crippen LogP contribution in [0.2, 0.25) is 0 Å². The lowest BCUT2D eigenvalue weighted by Gasteiger charge is -2.05. The second-order valence-corrected chi connectivity index (χ2v) is 5.92. The molecule has 0 saturated carbocycles. The van der Waals surface area contributed by atoms with Gasteiger partial charge in [0.05, 0.1) is 31.6 Å². The first kappa shape index (κ1) is 15.5. The van der Waals surface area contributed by atoms with Gasteiger partial charge in [0.15, 0.2) is 0 Å². The molecule has 0 bridgehead atoms. The lowest BCUT2D eigenvalue weighted by molar-refractivity contribution is 0.180. The molecule has 5 heteroatoms. The van der Waals surface area contributed by atoms with Crippen molar-refractivity contribution in [2.24, 2.45) is 0 Å². The Morgan fingerprint density at radius 3 is 2.17 bits per heavy atom. The van der Waals surface area contributed by atoms with E-state index in [-0.39, 0.29) is 0 Å². The molecule has 0 radical (unpaired) electrons. The van der Waals surface area contributed by atoms with E-state index < -0.39 is 0 Å². The van der Waals surface area contributed by atoms with Gasteiger partial charge in [-0.25, -0.2) is 0 Å². The Morgan fingerprint density at radius 2 is 1.61 bits per heavy atom. The second-order valence-electron chi connectivity index (χ2n) is 5.92. The first-order valence-electron chi connectivity index (χ1n) is 7.73. The van der Waals surface area contributed by atoms with Crippen LogP contribution in [0.25, 0.3) is 0 Å². The van der Waals surface area contributed by atoms with Crippen LogP contribution in [0.4, 0.5) is 0 Å². The highest BCUT2D eigenvalue weighted by Gasteiger charge is 2.05. The van der Waals surface area contributed by atoms with Gasteiger partial charge in [-0.2, -0.15) is 10.2 Å². The molecule has 2 aromatic heterocycles. The highest BCUT2D eigenvalue weighted by atomic mass is 16.5. The van der Waals surface area contributed by atoms with Crippen LogP contribution in [-0.4, -0.2) is 26.7 Å². The first-order valence-corrected chi connectivity index (χ1v) is 7.73. The van der Waals surface area contributed by atoms with Gasteiger partial charge in [-0.3, -0.25) is 9.36 Å². The van der Waals surface area contributed by atoms with Crippen molar-refractivity contribution >= 4 is 0 Å². The van der Waals surface area contributed by atoms with Crippen LogP contribution in [0.15, 0.2) is 42.9 Å². The third kappa shape index (κ3) is 3.87. The van der Waals surface area contributed by atoms with Crippen molar-refractivity contribution < 1.29 is 4.74 Å². The number of ether oxygens (including phenoxy) is 1. The fraction of sp³-hybridized carbons (Fsp3) is 0.333. The standard InChI is InChI=1S/C18H22N4O/c1-14-8-19-21(9-14)11-16-4-6-17(7-5-16)12-22-10-15(2)18(20-22)13-23-3/h4-10H,11-13H2,1-3H3. The topological polar surface area (TPSA) is 44.9 Å². The zero-order chi connectivity index (χ0) is 16.2. The van der Waals surface area contributed by atoms with E-state index in [1.165, 1.54) is 16.7 Å². The van der Waals surface area contributed by atoms with E-state index in [1.54, 1.807) is 7.11 Å². The lowest BCUT2D eigenvalue weighted by atomic mass is 10.1. The van der Waals surface area contributed by atoms with Gasteiger partial charge in [0, 0.05) is 19.5 Å². The smallest absolute Gasteiger partial charge is 0.0910 e. The molecule has 0 N–H and O–H groups in total. The molecule has 0 aliphatic carbocycles. The van der Waals surface area contributed by atoms with Crippen molar-refractivity contribution in [1.29, 1.82) is 0 Å². The largest absolute Gasteiger partial charge is 0.378 e. The zero-order valence-electron chi connectivity index (χ0n) is 13.9. The maximum Gasteiger partial charge on any atom is 0.0910 e. The molecule has 120 valence electrons. The van der Waals surface area contributed by atoms with Crippen LogP contribution in [0.5, 0.6) is 0 Å². The third-order valence-electron chi connectivity index (χ3n) is 3.80. The maximum atomic E-state index is 5.16. The Morgan fingerprint density at radius 1 is 0.957 bits per heavy atom. The summed E-state index contributed by atoms with van der Waals surface area (Å²) in [6.45, 7) is 6.24. The van der Waals surface area contributed by atoms with Gasteiger partial charge in [0.25, 0.3) is 0 Å². The summed E-state index contributed by atoms with van der Waals surface area (Å²) >= 11 is 0. The van der Waals surface area contributed by atoms with Gasteiger partial charge in [0.1, 0.15) is 0 Å². The van der Waals surface area contributed by atoms with Crippen molar-refractivity contribution in [1.82, 2.24) is 19.6 Å². The van der Waals surface area contributed by atoms with Crippen LogP contribution < -0.4 is 0 Å². The monoisotopic (exact) mass is 310 g/mol. The summed E-state index contributed by atoms with van der Waals surface area (Å²) < 4.78 is 9.09. The average Bonchev–Trinajstić information content (AvgIpc) is 3.08. The number of aromatic nitrogens is 4. The van der Waals surface area contributed by atoms with Gasteiger partial charge >= 0.3 is 0 Å². The molecule has 0 spiro atoms. The minimum absolute atomic E-state index is 0.557. The number of aryl methyl sites for hydroxylation is 2. The molecule has 0 amide bonds. The van der Waals surface area contributed by atoms with Crippen molar-refractivity contribution in [3.05, 3.63) is 70.8 Å². The molecule has 2 heterocycles. The van der Waals surface area contributed by atoms with Gasteiger partial charge in [-0.15, -0.1) is 0 Å². The third-order valence-corrected chi connectivity index (χ3v) is 3.80. The quantitative estimate of drug-likeness (QED) is 0.703. The minimum Gasteiger partial charge on any atom is -0.378 e. The van der Waals surface area contributed by atoms with E-state index >= 15 is 0 Å². The van der Waals surface area contributed by atoms with E-state index in [1.807, 2.05) is 15.6 Å². The molecule has 5 nitrogen and oxygen atoms in total. The van der Waals surface area contributed by atoms with E-state index in [9.17, 15) is 0 Å². The zero-order valence-corrected chi connectivity index (χ0v) is 13.9. The van der Waals surface area contributed by atoms with Crippen LogP contribution in [0.1, 0.15) is 27.9 Å². The summed E-state index contributed by atoms with van der Waals surface area (Å²) in [5, 5.41) is 8.89. The van der Waals surface area contributed by atoms with Gasteiger partial charge in [-0.05, 0) is 36.1 Å². The molecule has 0 saturated heterocycles. The van der Waals surface area contributed by atoms with E-state index in [2.05, 4.69) is 60.7 Å². The predicted molar refractivity (Wildman–Crippen MR) is 89.3 cm³/mol. The van der Waals surface area contributed by atoms with E-state index in [0.29, 0.717) is 6.61 Å². The maximum absolute atomic E-state index is 5.16. The molecule has 0 unspecified atom stereocenters. The summed E-state index contributed by atoms with van der Waals surface area (Å²) in [6.07, 6.45) is 6.00. The summed E-state index contributed by atoms with van der Waals surface area (Å²) in [4.78, 5) is 0. The van der Waals surface area contributed by atoms with Crippen LogP contribution >= 0.6 is 0 Å². The Hall–Kier alpha value is -2.40. The molecule has 0 fully saturated rings. The van der Waals surface area contributed by atoms with Crippen molar-refractivity contribution in [3.8, 4) is 0 Å². The molecule has 3 aromatic rings. The molecular formula is C18H22N4O. The number of methoxy groups -OCH3 is 1. The summed E-state index contributed by atoms with van der Waals surface area (Å²) in [5.41, 5.74) is 5.82. The number of hydrogen-bond donors (Lipinski definition) is 0. The summed E-state index contributed by atoms with van der Waals surface area (Å²) in [7, 11) is 1.69. The SMILES string of the molecule is COCc1nn(Cc2ccc(Cn3cc(C)cn3)cc2)cc1C. The highest BCUT2D eigenvalue weighted by Crippen LogP contribution is 2.11. The summed E-state index contributed by atoms with van der Waals surface area (Å²) in [5.74, 6) is 0. The lowest BCUT2D eigenvalue weighted by Crippen LogP contribution is -2.03. The second kappa shape index (κ2) is 6.79. The van der Waals surface area contributed by atoms with Gasteiger partial charge in [-0.1, -0.05) is 24.3 Å². The predicted octanol–water partition coefficient (Wildman–Crippen LogP) is 2.94. The number of hydrogen-bond acceptors (Lipinski definition) is 3. The minimum atomic E-state index is 0.557.